The summed E-state index contributed by atoms with van der Waals surface area (Å²) in [5.74, 6) is 4.45. The Balaban J connectivity index is 0.000000142. The third-order valence-electron chi connectivity index (χ3n) is 23.0. The topological polar surface area (TPSA) is 273 Å². The van der Waals surface area contributed by atoms with Crippen molar-refractivity contribution in [3.63, 3.8) is 0 Å². The number of phenolic OH excluding ortho intramolecular Hbond substituents is 3. The number of aromatic nitrogens is 11. The molecule has 0 bridgehead atoms. The van der Waals surface area contributed by atoms with Crippen LogP contribution in [0.15, 0.2) is 208 Å². The van der Waals surface area contributed by atoms with Gasteiger partial charge in [-0.15, -0.1) is 0 Å². The van der Waals surface area contributed by atoms with Crippen LogP contribution in [0.2, 0.25) is 10.0 Å². The van der Waals surface area contributed by atoms with Crippen LogP contribution in [0.1, 0.15) is 121 Å². The summed E-state index contributed by atoms with van der Waals surface area (Å²) in [5, 5.41) is 43.0. The number of methoxy groups -OCH3 is 1. The number of halogens is 3. The Bertz CT molecular complexity index is 5370. The van der Waals surface area contributed by atoms with E-state index in [-0.39, 0.29) is 17.3 Å². The summed E-state index contributed by atoms with van der Waals surface area (Å²) in [5.41, 5.74) is 16.9. The molecule has 26 heteroatoms. The zero-order valence-corrected chi connectivity index (χ0v) is 73.3. The maximum atomic E-state index is 13.3. The molecule has 4 fully saturated rings. The molecule has 0 aliphatic carbocycles. The predicted octanol–water partition coefficient (Wildman–Crippen LogP) is 15.2. The van der Waals surface area contributed by atoms with Crippen molar-refractivity contribution in [2.24, 2.45) is 0 Å². The second kappa shape index (κ2) is 46.8. The predicted molar refractivity (Wildman–Crippen MR) is 490 cm³/mol. The molecule has 124 heavy (non-hydrogen) atoms. The highest BCUT2D eigenvalue weighted by Crippen LogP contribution is 2.33. The lowest BCUT2D eigenvalue weighted by atomic mass is 10.0. The molecule has 7 aromatic heterocycles. The van der Waals surface area contributed by atoms with E-state index in [4.69, 9.17) is 47.9 Å². The lowest BCUT2D eigenvalue weighted by molar-refractivity contribution is 0.165. The third kappa shape index (κ3) is 27.9. The van der Waals surface area contributed by atoms with Crippen LogP contribution < -0.4 is 26.0 Å². The molecule has 12 aromatic rings. The van der Waals surface area contributed by atoms with Crippen LogP contribution in [0.3, 0.4) is 0 Å². The molecule has 4 aliphatic heterocycles. The Morgan fingerprint density at radius 2 is 0.718 bits per heavy atom. The van der Waals surface area contributed by atoms with Crippen LogP contribution >= 0.6 is 23.2 Å². The fourth-order valence-corrected chi connectivity index (χ4v) is 16.3. The highest BCUT2D eigenvalue weighted by Gasteiger charge is 2.24. The van der Waals surface area contributed by atoms with Gasteiger partial charge in [0.1, 0.15) is 52.1 Å². The van der Waals surface area contributed by atoms with Gasteiger partial charge < -0.3 is 41.3 Å². The molecular formula is C98H116Cl2FN19O4. The number of nitrogens with one attached hydrogen (secondary N) is 4. The van der Waals surface area contributed by atoms with Gasteiger partial charge in [0, 0.05) is 239 Å². The highest BCUT2D eigenvalue weighted by molar-refractivity contribution is 6.32. The third-order valence-corrected chi connectivity index (χ3v) is 23.7. The molecule has 0 amide bonds. The minimum absolute atomic E-state index is 0.110. The van der Waals surface area contributed by atoms with Crippen molar-refractivity contribution in [3.8, 4) is 68.0 Å². The zero-order chi connectivity index (χ0) is 86.4. The number of rotatable bonds is 29. The Hall–Kier alpha value is -10.7. The van der Waals surface area contributed by atoms with Gasteiger partial charge >= 0.3 is 0 Å². The van der Waals surface area contributed by atoms with Crippen LogP contribution in [-0.2, 0) is 77.5 Å². The van der Waals surface area contributed by atoms with Gasteiger partial charge in [0.05, 0.1) is 39.9 Å². The molecule has 5 aromatic carbocycles. The molecule has 11 heterocycles. The van der Waals surface area contributed by atoms with Gasteiger partial charge in [-0.05, 0) is 227 Å². The number of pyridine rings is 3. The van der Waals surface area contributed by atoms with Gasteiger partial charge in [-0.1, -0.05) is 65.7 Å². The summed E-state index contributed by atoms with van der Waals surface area (Å²) < 4.78 is 19.0. The van der Waals surface area contributed by atoms with Crippen molar-refractivity contribution in [3.05, 3.63) is 291 Å². The monoisotopic (exact) mass is 1710 g/mol. The first kappa shape index (κ1) is 91.0. The molecule has 0 saturated carbocycles. The maximum absolute atomic E-state index is 13.3. The summed E-state index contributed by atoms with van der Waals surface area (Å²) >= 11 is 12.0. The second-order valence-electron chi connectivity index (χ2n) is 32.6. The van der Waals surface area contributed by atoms with Crippen LogP contribution in [0.4, 0.5) is 4.39 Å². The first-order valence-corrected chi connectivity index (χ1v) is 44.3. The van der Waals surface area contributed by atoms with E-state index >= 15 is 0 Å². The summed E-state index contributed by atoms with van der Waals surface area (Å²) in [4.78, 5) is 60.3. The molecule has 0 radical (unpaired) electrons. The van der Waals surface area contributed by atoms with Gasteiger partial charge in [-0.25, -0.2) is 44.3 Å². The van der Waals surface area contributed by atoms with Gasteiger partial charge in [-0.3, -0.25) is 34.6 Å². The van der Waals surface area contributed by atoms with E-state index < -0.39 is 0 Å². The summed E-state index contributed by atoms with van der Waals surface area (Å²) in [6, 6.07) is 47.6. The van der Waals surface area contributed by atoms with E-state index in [1.54, 1.807) is 43.5 Å². The van der Waals surface area contributed by atoms with E-state index in [0.717, 1.165) is 273 Å². The van der Waals surface area contributed by atoms with Crippen molar-refractivity contribution >= 4 is 23.2 Å². The fourth-order valence-electron chi connectivity index (χ4n) is 15.9. The van der Waals surface area contributed by atoms with Gasteiger partial charge in [-0.2, -0.15) is 0 Å². The quantitative estimate of drug-likeness (QED) is 0.0229. The highest BCUT2D eigenvalue weighted by atomic mass is 35.5. The summed E-state index contributed by atoms with van der Waals surface area (Å²) in [6.07, 6.45) is 29.0. The molecule has 4 saturated heterocycles. The first-order valence-electron chi connectivity index (χ1n) is 43.5. The molecule has 0 spiro atoms. The van der Waals surface area contributed by atoms with Gasteiger partial charge in [0.25, 0.3) is 0 Å². The van der Waals surface area contributed by atoms with Crippen molar-refractivity contribution in [2.75, 3.05) is 85.6 Å². The molecule has 23 nitrogen and oxygen atoms in total. The number of aryl methyl sites for hydroxylation is 8. The number of ether oxygens (including phenoxy) is 1. The Morgan fingerprint density at radius 1 is 0.371 bits per heavy atom. The average molecular weight is 1710 g/mol. The normalized spacial score (nSPS) is 17.0. The number of nitrogens with zero attached hydrogens (tertiary/aromatic N) is 15. The standard InChI is InChI=1S/C26H31ClN4O2.C24H28ClN5O.C24H28FN5.C24H29N5O/c1-18-16-28-12-13-31(18)17-20-7-9-25(33-2)21(14-20)23-10-11-29-26(30-23)5-3-4-19-6-8-24(32)22(27)15-19;1-17-13-26-9-10-30(17)16-19-11-20(15-27-14-19)22-7-8-28-24(29-22)4-2-3-18-5-6-23(31)21(25)12-18;1-18-14-26-10-11-30(18)17-20-12-21(16-27-15-20)23-8-9-28-24(29-23)7-3-5-19-4-2-6-22(25)13-19;1-18-14-25-11-12-29(18)17-20-13-21(16-26-15-20)23-9-10-27-24(28-23)4-2-3-19-5-7-22(30)8-6-19/h6-11,14-15,18,28,32H,3-5,12-13,16-17H2,1-2H3;5-8,11-12,14-15,17,26,31H,2-4,9-10,13,16H2,1H3;2,4,6,8-9,12-13,15-16,18,26H,3,5,7,10-11,14,17H2,1H3;5-10,13,15-16,18,25,30H,2-4,11-12,14,17H2,1H3/t18-;17-;2*18-/m0000/s1. The van der Waals surface area contributed by atoms with Gasteiger partial charge in [0.2, 0.25) is 0 Å². The smallest absolute Gasteiger partial charge is 0.134 e. The van der Waals surface area contributed by atoms with Crippen LogP contribution in [-0.4, -0.2) is 200 Å². The molecule has 7 N–H and O–H groups in total. The van der Waals surface area contributed by atoms with Crippen LogP contribution in [0, 0.1) is 5.82 Å². The summed E-state index contributed by atoms with van der Waals surface area (Å²) in [6.45, 7) is 25.1. The van der Waals surface area contributed by atoms with Crippen molar-refractivity contribution < 1.29 is 24.4 Å². The van der Waals surface area contributed by atoms with Crippen molar-refractivity contribution in [1.82, 2.24) is 95.7 Å². The molecule has 4 aliphatic rings. The number of hydrogen-bond donors (Lipinski definition) is 7. The summed E-state index contributed by atoms with van der Waals surface area (Å²) in [7, 11) is 1.70. The lowest BCUT2D eigenvalue weighted by Gasteiger charge is -2.34. The van der Waals surface area contributed by atoms with Crippen molar-refractivity contribution in [1.29, 1.82) is 0 Å². The Morgan fingerprint density at radius 3 is 1.09 bits per heavy atom. The average Bonchev–Trinajstić information content (AvgIpc) is 0.810. The lowest BCUT2D eigenvalue weighted by Crippen LogP contribution is -2.49. The van der Waals surface area contributed by atoms with E-state index in [2.05, 4.69) is 134 Å². The Kier molecular flexibility index (Phi) is 34.4. The number of benzene rings is 5. The largest absolute Gasteiger partial charge is 0.508 e. The fraction of sp³-hybridized carbons (Fsp3) is 0.378. The SMILES string of the molecule is COc1ccc(CN2CCNC[C@@H]2C)cc1-c1ccnc(CCCc2ccc(O)c(Cl)c2)n1.C[C@H]1CNCCN1Cc1cncc(-c2ccnc(CCCc3ccc(O)c(Cl)c3)n2)c1.C[C@H]1CNCCN1Cc1cncc(-c2ccnc(CCCc3ccc(O)cc3)n2)c1.C[C@H]1CNCCN1Cc1cncc(-c2ccnc(CCCc3cccc(F)c3)n2)c1. The van der Waals surface area contributed by atoms with E-state index in [9.17, 15) is 19.7 Å². The minimum Gasteiger partial charge on any atom is -0.508 e. The molecular weight excluding hydrogens is 1600 g/mol. The maximum Gasteiger partial charge on any atom is 0.134 e. The van der Waals surface area contributed by atoms with E-state index in [1.165, 1.54) is 33.9 Å². The molecule has 648 valence electrons. The second-order valence-corrected chi connectivity index (χ2v) is 33.4. The molecule has 4 atom stereocenters. The number of aromatic hydroxyl groups is 3. The molecule has 0 unspecified atom stereocenters. The van der Waals surface area contributed by atoms with E-state index in [1.807, 2.05) is 135 Å². The van der Waals surface area contributed by atoms with Crippen molar-refractivity contribution in [2.45, 2.75) is 155 Å². The number of phenols is 3. The number of hydrogen-bond acceptors (Lipinski definition) is 23. The number of piperazine rings is 4. The minimum atomic E-state index is -0.187. The van der Waals surface area contributed by atoms with E-state index in [0.29, 0.717) is 40.0 Å². The first-order chi connectivity index (χ1) is 60.4. The van der Waals surface area contributed by atoms with Gasteiger partial charge in [0.15, 0.2) is 0 Å². The van der Waals surface area contributed by atoms with Crippen LogP contribution in [0.25, 0.3) is 45.0 Å². The molecule has 16 rings (SSSR count). The Labute approximate surface area is 738 Å². The van der Waals surface area contributed by atoms with Crippen LogP contribution in [0.5, 0.6) is 23.0 Å². The zero-order valence-electron chi connectivity index (χ0n) is 71.8.